The van der Waals surface area contributed by atoms with Crippen LogP contribution in [0, 0.1) is 0 Å². The number of nitrogens with one attached hydrogen (secondary N) is 3. The molecule has 0 heterocycles. The van der Waals surface area contributed by atoms with Gasteiger partial charge >= 0.3 is 6.18 Å². The van der Waals surface area contributed by atoms with E-state index >= 15 is 0 Å². The minimum Gasteiger partial charge on any atom is -0.380 e. The van der Waals surface area contributed by atoms with E-state index in [2.05, 4.69) is 24.6 Å². The molecule has 0 aliphatic carbocycles. The summed E-state index contributed by atoms with van der Waals surface area (Å²) in [4.78, 5) is 11.5. The highest BCUT2D eigenvalue weighted by atomic mass is 32.1. The second-order valence-electron chi connectivity index (χ2n) is 5.85. The summed E-state index contributed by atoms with van der Waals surface area (Å²) in [6, 6.07) is 7.41. The van der Waals surface area contributed by atoms with Crippen molar-refractivity contribution >= 4 is 28.9 Å². The Morgan fingerprint density at radius 3 is 2.21 bits per heavy atom. The van der Waals surface area contributed by atoms with Crippen LogP contribution in [0.2, 0.25) is 0 Å². The molecule has 1 aromatic carbocycles. The third-order valence-electron chi connectivity index (χ3n) is 3.27. The molecule has 24 heavy (non-hydrogen) atoms. The molecule has 0 aliphatic heterocycles. The predicted molar refractivity (Wildman–Crippen MR) is 89.3 cm³/mol. The maximum absolute atomic E-state index is 12.5. The lowest BCUT2D eigenvalue weighted by atomic mass is 10.0. The van der Waals surface area contributed by atoms with E-state index in [4.69, 9.17) is 12.2 Å². The number of carbonyl (C=O) groups is 1. The number of amides is 1. The summed E-state index contributed by atoms with van der Waals surface area (Å²) in [7, 11) is 0. The number of anilines is 1. The van der Waals surface area contributed by atoms with Gasteiger partial charge < -0.3 is 10.4 Å². The Morgan fingerprint density at radius 1 is 1.21 bits per heavy atom. The normalized spacial score (nSPS) is 14.0. The SMILES string of the molecule is CC(C)c1ccc(NC(=S)NNC(=O)C[C@@](C)(O)C(F)(F)F)cc1. The van der Waals surface area contributed by atoms with Gasteiger partial charge in [-0.05, 0) is 42.8 Å². The lowest BCUT2D eigenvalue weighted by molar-refractivity contribution is -0.253. The minimum atomic E-state index is -4.90. The molecule has 1 atom stereocenters. The van der Waals surface area contributed by atoms with Gasteiger partial charge in [-0.2, -0.15) is 13.2 Å². The smallest absolute Gasteiger partial charge is 0.380 e. The number of benzene rings is 1. The number of hydrogen-bond acceptors (Lipinski definition) is 3. The van der Waals surface area contributed by atoms with E-state index in [0.717, 1.165) is 5.56 Å². The molecule has 0 saturated heterocycles. The molecule has 134 valence electrons. The summed E-state index contributed by atoms with van der Waals surface area (Å²) >= 11 is 4.93. The first-order valence-electron chi connectivity index (χ1n) is 7.17. The Hall–Kier alpha value is -1.87. The topological polar surface area (TPSA) is 73.4 Å². The van der Waals surface area contributed by atoms with E-state index in [9.17, 15) is 23.1 Å². The highest BCUT2D eigenvalue weighted by Crippen LogP contribution is 2.32. The molecular formula is C15H20F3N3O2S. The third-order valence-corrected chi connectivity index (χ3v) is 3.47. The van der Waals surface area contributed by atoms with E-state index in [0.29, 0.717) is 18.5 Å². The molecule has 1 amide bonds. The van der Waals surface area contributed by atoms with Crippen LogP contribution in [-0.4, -0.2) is 27.9 Å². The van der Waals surface area contributed by atoms with Crippen LogP contribution in [0.5, 0.6) is 0 Å². The molecule has 0 bridgehead atoms. The zero-order chi connectivity index (χ0) is 18.5. The monoisotopic (exact) mass is 363 g/mol. The first-order valence-corrected chi connectivity index (χ1v) is 7.58. The second kappa shape index (κ2) is 7.80. The van der Waals surface area contributed by atoms with Crippen molar-refractivity contribution < 1.29 is 23.1 Å². The average Bonchev–Trinajstić information content (AvgIpc) is 2.44. The number of thiocarbonyl (C=S) groups is 1. The quantitative estimate of drug-likeness (QED) is 0.489. The maximum Gasteiger partial charge on any atom is 0.417 e. The summed E-state index contributed by atoms with van der Waals surface area (Å²) in [6.45, 7) is 4.64. The number of rotatable bonds is 4. The van der Waals surface area contributed by atoms with Crippen molar-refractivity contribution in [1.82, 2.24) is 10.9 Å². The number of alkyl halides is 3. The van der Waals surface area contributed by atoms with E-state index in [1.54, 1.807) is 12.1 Å². The van der Waals surface area contributed by atoms with Crippen LogP contribution in [0.4, 0.5) is 18.9 Å². The molecule has 0 aromatic heterocycles. The summed E-state index contributed by atoms with van der Waals surface area (Å²) in [5.74, 6) is -0.665. The second-order valence-corrected chi connectivity index (χ2v) is 6.26. The third kappa shape index (κ3) is 5.97. The summed E-state index contributed by atoms with van der Waals surface area (Å²) in [6.07, 6.45) is -6.05. The average molecular weight is 363 g/mol. The molecule has 4 N–H and O–H groups in total. The fraction of sp³-hybridized carbons (Fsp3) is 0.467. The number of carbonyl (C=O) groups excluding carboxylic acids is 1. The van der Waals surface area contributed by atoms with Gasteiger partial charge in [0, 0.05) is 5.69 Å². The summed E-state index contributed by atoms with van der Waals surface area (Å²) in [5.41, 5.74) is 2.98. The lowest BCUT2D eigenvalue weighted by Gasteiger charge is -2.25. The Bertz CT molecular complexity index is 587. The molecule has 9 heteroatoms. The van der Waals surface area contributed by atoms with Crippen LogP contribution in [0.3, 0.4) is 0 Å². The van der Waals surface area contributed by atoms with Crippen LogP contribution in [0.1, 0.15) is 38.7 Å². The van der Waals surface area contributed by atoms with E-state index in [1.165, 1.54) is 0 Å². The van der Waals surface area contributed by atoms with E-state index in [1.807, 2.05) is 17.6 Å². The minimum absolute atomic E-state index is 0.00676. The highest BCUT2D eigenvalue weighted by Gasteiger charge is 2.51. The number of halogens is 3. The molecule has 1 aromatic rings. The van der Waals surface area contributed by atoms with Crippen LogP contribution in [-0.2, 0) is 4.79 Å². The summed E-state index contributed by atoms with van der Waals surface area (Å²) < 4.78 is 37.4. The number of hydrazine groups is 1. The maximum atomic E-state index is 12.5. The fourth-order valence-corrected chi connectivity index (χ4v) is 1.87. The predicted octanol–water partition coefficient (Wildman–Crippen LogP) is 2.83. The fourth-order valence-electron chi connectivity index (χ4n) is 1.70. The van der Waals surface area contributed by atoms with Gasteiger partial charge in [0.2, 0.25) is 5.91 Å². The van der Waals surface area contributed by atoms with Gasteiger partial charge in [0.1, 0.15) is 0 Å². The van der Waals surface area contributed by atoms with E-state index in [-0.39, 0.29) is 5.11 Å². The molecule has 0 spiro atoms. The van der Waals surface area contributed by atoms with Crippen LogP contribution in [0.15, 0.2) is 24.3 Å². The van der Waals surface area contributed by atoms with Gasteiger partial charge in [0.25, 0.3) is 0 Å². The van der Waals surface area contributed by atoms with Crippen LogP contribution in [0.25, 0.3) is 0 Å². The Kier molecular flexibility index (Phi) is 6.56. The van der Waals surface area contributed by atoms with E-state index < -0.39 is 24.1 Å². The molecule has 0 unspecified atom stereocenters. The largest absolute Gasteiger partial charge is 0.417 e. The Morgan fingerprint density at radius 2 is 1.75 bits per heavy atom. The van der Waals surface area contributed by atoms with Gasteiger partial charge in [0.15, 0.2) is 10.7 Å². The van der Waals surface area contributed by atoms with Gasteiger partial charge in [-0.1, -0.05) is 26.0 Å². The van der Waals surface area contributed by atoms with Gasteiger partial charge in [-0.25, -0.2) is 0 Å². The zero-order valence-corrected chi connectivity index (χ0v) is 14.3. The van der Waals surface area contributed by atoms with Crippen molar-refractivity contribution in [1.29, 1.82) is 0 Å². The van der Waals surface area contributed by atoms with Crippen molar-refractivity contribution in [3.8, 4) is 0 Å². The molecule has 0 fully saturated rings. The number of hydrogen-bond donors (Lipinski definition) is 4. The van der Waals surface area contributed by atoms with Gasteiger partial charge in [-0.3, -0.25) is 15.6 Å². The molecule has 0 radical (unpaired) electrons. The molecule has 0 aliphatic rings. The van der Waals surface area contributed by atoms with Crippen molar-refractivity contribution in [2.24, 2.45) is 0 Å². The first kappa shape index (κ1) is 20.2. The van der Waals surface area contributed by atoms with Crippen molar-refractivity contribution in [3.63, 3.8) is 0 Å². The Labute approximate surface area is 143 Å². The van der Waals surface area contributed by atoms with Crippen molar-refractivity contribution in [3.05, 3.63) is 29.8 Å². The molecule has 1 rings (SSSR count). The summed E-state index contributed by atoms with van der Waals surface area (Å²) in [5, 5.41) is 12.0. The molecule has 5 nitrogen and oxygen atoms in total. The van der Waals surface area contributed by atoms with Gasteiger partial charge in [0.05, 0.1) is 6.42 Å². The van der Waals surface area contributed by atoms with Crippen LogP contribution < -0.4 is 16.2 Å². The molecule has 0 saturated carbocycles. The number of aliphatic hydroxyl groups is 1. The van der Waals surface area contributed by atoms with Crippen LogP contribution >= 0.6 is 12.2 Å². The van der Waals surface area contributed by atoms with Crippen molar-refractivity contribution in [2.45, 2.75) is 44.9 Å². The lowest BCUT2D eigenvalue weighted by Crippen LogP contribution is -2.50. The highest BCUT2D eigenvalue weighted by molar-refractivity contribution is 7.80. The van der Waals surface area contributed by atoms with Gasteiger partial charge in [-0.15, -0.1) is 0 Å². The standard InChI is InChI=1S/C15H20F3N3O2S/c1-9(2)10-4-6-11(7-5-10)19-13(24)21-20-12(22)8-14(3,23)15(16,17)18/h4-7,9,23H,8H2,1-3H3,(H,20,22)(H2,19,21,24)/t14-/m1/s1. The Balaban J connectivity index is 2.47. The van der Waals surface area contributed by atoms with Crippen molar-refractivity contribution in [2.75, 3.05) is 5.32 Å². The zero-order valence-electron chi connectivity index (χ0n) is 13.5. The molecular weight excluding hydrogens is 343 g/mol. The first-order chi connectivity index (χ1) is 10.9.